The number of thioether (sulfide) groups is 1. The number of hydrogen-bond donors (Lipinski definition) is 3. The number of oxime groups is 1. The van der Waals surface area contributed by atoms with Crippen molar-refractivity contribution in [2.45, 2.75) is 36.8 Å². The van der Waals surface area contributed by atoms with E-state index < -0.39 is 29.2 Å². The Hall–Kier alpha value is -2.64. The molecule has 0 saturated carbocycles. The van der Waals surface area contributed by atoms with Crippen molar-refractivity contribution in [3.8, 4) is 0 Å². The minimum atomic E-state index is -1.17. The summed E-state index contributed by atoms with van der Waals surface area (Å²) in [7, 11) is 1.29. The molecule has 2 saturated heterocycles. The molecule has 1 aromatic heterocycles. The van der Waals surface area contributed by atoms with Gasteiger partial charge in [-0.2, -0.15) is 0 Å². The first-order valence-corrected chi connectivity index (χ1v) is 11.5. The number of aliphatic carboxylic acids is 1. The van der Waals surface area contributed by atoms with Gasteiger partial charge in [-0.15, -0.1) is 23.1 Å². The number of ether oxygens (including phenoxy) is 1. The molecule has 2 amide bonds. The van der Waals surface area contributed by atoms with Gasteiger partial charge in [0.25, 0.3) is 11.8 Å². The summed E-state index contributed by atoms with van der Waals surface area (Å²) in [5.41, 5.74) is 6.31. The van der Waals surface area contributed by atoms with Gasteiger partial charge in [0.15, 0.2) is 10.8 Å². The molecular formula is C18H21N5O6S2. The van der Waals surface area contributed by atoms with Crippen LogP contribution < -0.4 is 11.1 Å². The number of carboxylic acids is 1. The van der Waals surface area contributed by atoms with Crippen molar-refractivity contribution >= 4 is 51.7 Å². The summed E-state index contributed by atoms with van der Waals surface area (Å²) in [5, 5.41) is 17.4. The Morgan fingerprint density at radius 1 is 1.45 bits per heavy atom. The summed E-state index contributed by atoms with van der Waals surface area (Å²) in [6.07, 6.45) is 2.32. The van der Waals surface area contributed by atoms with E-state index in [1.54, 1.807) is 5.38 Å². The smallest absolute Gasteiger partial charge is 0.352 e. The number of hydrogen-bond acceptors (Lipinski definition) is 10. The molecule has 0 bridgehead atoms. The van der Waals surface area contributed by atoms with Gasteiger partial charge in [0.1, 0.15) is 29.9 Å². The largest absolute Gasteiger partial charge is 0.477 e. The number of β-lactam (4-membered cyclic amide) rings is 1. The molecule has 0 aliphatic carbocycles. The highest BCUT2D eigenvalue weighted by molar-refractivity contribution is 8.00. The lowest BCUT2D eigenvalue weighted by Crippen LogP contribution is -2.71. The predicted octanol–water partition coefficient (Wildman–Crippen LogP) is 0.384. The number of anilines is 1. The van der Waals surface area contributed by atoms with Crippen molar-refractivity contribution in [2.75, 3.05) is 25.2 Å². The molecule has 11 nitrogen and oxygen atoms in total. The maximum atomic E-state index is 12.9. The van der Waals surface area contributed by atoms with Crippen LogP contribution in [0.15, 0.2) is 21.8 Å². The molecule has 3 atom stereocenters. The monoisotopic (exact) mass is 467 g/mol. The number of aromatic nitrogens is 1. The van der Waals surface area contributed by atoms with E-state index in [2.05, 4.69) is 15.5 Å². The van der Waals surface area contributed by atoms with Crippen molar-refractivity contribution in [3.05, 3.63) is 22.3 Å². The quantitative estimate of drug-likeness (QED) is 0.306. The average Bonchev–Trinajstić information content (AvgIpc) is 3.20. The first-order valence-electron chi connectivity index (χ1n) is 9.58. The van der Waals surface area contributed by atoms with Gasteiger partial charge in [0, 0.05) is 17.7 Å². The molecule has 2 fully saturated rings. The van der Waals surface area contributed by atoms with Gasteiger partial charge in [-0.25, -0.2) is 9.78 Å². The number of rotatable bonds is 6. The van der Waals surface area contributed by atoms with E-state index >= 15 is 0 Å². The fourth-order valence-corrected chi connectivity index (χ4v) is 5.76. The van der Waals surface area contributed by atoms with E-state index in [1.165, 1.54) is 23.8 Å². The van der Waals surface area contributed by atoms with Crippen molar-refractivity contribution < 1.29 is 29.1 Å². The third-order valence-electron chi connectivity index (χ3n) is 5.22. The van der Waals surface area contributed by atoms with Crippen LogP contribution in [-0.4, -0.2) is 75.5 Å². The molecule has 4 heterocycles. The highest BCUT2D eigenvalue weighted by Gasteiger charge is 2.55. The predicted molar refractivity (Wildman–Crippen MR) is 113 cm³/mol. The molecular weight excluding hydrogens is 446 g/mol. The van der Waals surface area contributed by atoms with Gasteiger partial charge in [-0.1, -0.05) is 5.16 Å². The summed E-state index contributed by atoms with van der Waals surface area (Å²) in [4.78, 5) is 47.6. The molecule has 166 valence electrons. The van der Waals surface area contributed by atoms with Gasteiger partial charge >= 0.3 is 5.97 Å². The molecule has 3 aliphatic heterocycles. The van der Waals surface area contributed by atoms with Crippen LogP contribution in [-0.2, 0) is 24.0 Å². The molecule has 0 spiro atoms. The molecule has 4 rings (SSSR count). The van der Waals surface area contributed by atoms with Crippen LogP contribution in [0.2, 0.25) is 0 Å². The number of thiazole rings is 1. The second-order valence-electron chi connectivity index (χ2n) is 7.09. The van der Waals surface area contributed by atoms with E-state index in [0.29, 0.717) is 17.9 Å². The van der Waals surface area contributed by atoms with E-state index in [9.17, 15) is 19.5 Å². The SMILES string of the molecule is CO/N=C(\C(=O)N[C@@H]1C(=O)N2C(C(=O)O)=C(C3CCCCO3)CS[C@H]12)c1csc(N)n1. The summed E-state index contributed by atoms with van der Waals surface area (Å²) < 4.78 is 5.75. The number of carbonyl (C=O) groups excluding carboxylic acids is 2. The Labute approximate surface area is 185 Å². The lowest BCUT2D eigenvalue weighted by atomic mass is 9.96. The normalized spacial score (nSPS) is 26.2. The first kappa shape index (κ1) is 21.6. The lowest BCUT2D eigenvalue weighted by molar-refractivity contribution is -0.150. The number of fused-ring (bicyclic) bond motifs is 1. The maximum Gasteiger partial charge on any atom is 0.352 e. The van der Waals surface area contributed by atoms with Crippen molar-refractivity contribution in [2.24, 2.45) is 5.16 Å². The molecule has 13 heteroatoms. The first-order chi connectivity index (χ1) is 14.9. The number of nitrogen functional groups attached to an aromatic ring is 1. The molecule has 3 aliphatic rings. The fourth-order valence-electron chi connectivity index (χ4n) is 3.81. The van der Waals surface area contributed by atoms with Gasteiger partial charge in [-0.3, -0.25) is 14.5 Å². The van der Waals surface area contributed by atoms with E-state index in [-0.39, 0.29) is 28.3 Å². The van der Waals surface area contributed by atoms with E-state index in [0.717, 1.165) is 30.6 Å². The molecule has 1 aromatic rings. The Balaban J connectivity index is 1.53. The Kier molecular flexibility index (Phi) is 6.16. The number of carbonyl (C=O) groups is 3. The van der Waals surface area contributed by atoms with Crippen LogP contribution in [0.4, 0.5) is 5.13 Å². The second kappa shape index (κ2) is 8.85. The third-order valence-corrected chi connectivity index (χ3v) is 7.19. The number of nitrogens with two attached hydrogens (primary N) is 1. The minimum absolute atomic E-state index is 0.0378. The zero-order valence-electron chi connectivity index (χ0n) is 16.6. The van der Waals surface area contributed by atoms with Crippen LogP contribution in [0.3, 0.4) is 0 Å². The van der Waals surface area contributed by atoms with Gasteiger partial charge in [0.2, 0.25) is 0 Å². The van der Waals surface area contributed by atoms with E-state index in [1.807, 2.05) is 0 Å². The molecule has 1 unspecified atom stereocenters. The van der Waals surface area contributed by atoms with E-state index in [4.69, 9.17) is 15.3 Å². The summed E-state index contributed by atoms with van der Waals surface area (Å²) in [5.74, 6) is -1.92. The Bertz CT molecular complexity index is 970. The van der Waals surface area contributed by atoms with Crippen LogP contribution in [0.1, 0.15) is 25.0 Å². The maximum absolute atomic E-state index is 12.9. The zero-order valence-corrected chi connectivity index (χ0v) is 18.2. The van der Waals surface area contributed by atoms with Crippen LogP contribution in [0.25, 0.3) is 0 Å². The van der Waals surface area contributed by atoms with Gasteiger partial charge in [-0.05, 0) is 24.8 Å². The topological polar surface area (TPSA) is 156 Å². The van der Waals surface area contributed by atoms with Crippen molar-refractivity contribution in [1.29, 1.82) is 0 Å². The van der Waals surface area contributed by atoms with Crippen LogP contribution >= 0.6 is 23.1 Å². The highest BCUT2D eigenvalue weighted by atomic mass is 32.2. The number of nitrogens with one attached hydrogen (secondary N) is 1. The summed E-state index contributed by atoms with van der Waals surface area (Å²) in [6.45, 7) is 0.574. The summed E-state index contributed by atoms with van der Waals surface area (Å²) >= 11 is 2.54. The standard InChI is InChI=1S/C18H21N5O6S2/c1-28-22-11(9-7-31-18(19)20-9)14(24)21-12-15(25)23-13(17(26)27)8(6-30-16(12)23)10-4-2-3-5-29-10/h7,10,12,16H,2-6H2,1H3,(H2,19,20)(H,21,24)(H,26,27)/b22-11-/t10?,12-,16-/m1/s1. The number of nitrogens with zero attached hydrogens (tertiary/aromatic N) is 3. The Morgan fingerprint density at radius 3 is 2.87 bits per heavy atom. The molecule has 0 radical (unpaired) electrons. The van der Waals surface area contributed by atoms with Gasteiger partial charge in [0.05, 0.1) is 6.10 Å². The highest BCUT2D eigenvalue weighted by Crippen LogP contribution is 2.42. The molecule has 31 heavy (non-hydrogen) atoms. The van der Waals surface area contributed by atoms with Gasteiger partial charge < -0.3 is 25.7 Å². The van der Waals surface area contributed by atoms with Crippen LogP contribution in [0.5, 0.6) is 0 Å². The number of amides is 2. The Morgan fingerprint density at radius 2 is 2.26 bits per heavy atom. The summed E-state index contributed by atoms with van der Waals surface area (Å²) in [6, 6.07) is -0.890. The van der Waals surface area contributed by atoms with Crippen molar-refractivity contribution in [1.82, 2.24) is 15.2 Å². The van der Waals surface area contributed by atoms with Crippen molar-refractivity contribution in [3.63, 3.8) is 0 Å². The third kappa shape index (κ3) is 4.00. The average molecular weight is 468 g/mol. The molecule has 0 aromatic carbocycles. The zero-order chi connectivity index (χ0) is 22.1. The molecule has 4 N–H and O–H groups in total. The minimum Gasteiger partial charge on any atom is -0.477 e. The number of carboxylic acid groups (broad SMARTS) is 1. The van der Waals surface area contributed by atoms with Crippen LogP contribution in [0, 0.1) is 0 Å². The second-order valence-corrected chi connectivity index (χ2v) is 9.08. The fraction of sp³-hybridized carbons (Fsp3) is 0.500. The lowest BCUT2D eigenvalue weighted by Gasteiger charge is -2.50.